The lowest BCUT2D eigenvalue weighted by Crippen LogP contribution is -2.65. The summed E-state index contributed by atoms with van der Waals surface area (Å²) in [7, 11) is 0. The van der Waals surface area contributed by atoms with E-state index in [0.29, 0.717) is 12.8 Å². The lowest BCUT2D eigenvalue weighted by Gasteiger charge is -2.46. The Hall–Kier alpha value is -2.31. The van der Waals surface area contributed by atoms with Crippen LogP contribution in [0.3, 0.4) is 0 Å². The minimum absolute atomic E-state index is 0.250. The molecule has 0 spiro atoms. The molecule has 0 aliphatic carbocycles. The van der Waals surface area contributed by atoms with Crippen LogP contribution >= 0.6 is 0 Å². The van der Waals surface area contributed by atoms with Gasteiger partial charge >= 0.3 is 0 Å². The maximum absolute atomic E-state index is 13.0. The highest BCUT2D eigenvalue weighted by Gasteiger charge is 2.50. The van der Waals surface area contributed by atoms with Crippen molar-refractivity contribution >= 4 is 5.91 Å². The molecule has 2 rings (SSSR count). The molecule has 0 bridgehead atoms. The van der Waals surface area contributed by atoms with Crippen LogP contribution in [0.25, 0.3) is 0 Å². The van der Waals surface area contributed by atoms with Gasteiger partial charge in [0.05, 0.1) is 32.0 Å². The molecule has 0 aromatic rings. The van der Waals surface area contributed by atoms with E-state index in [4.69, 9.17) is 18.9 Å². The highest BCUT2D eigenvalue weighted by Crippen LogP contribution is 2.29. The van der Waals surface area contributed by atoms with Crippen molar-refractivity contribution in [3.05, 3.63) is 60.8 Å². The van der Waals surface area contributed by atoms with Gasteiger partial charge in [-0.1, -0.05) is 107 Å². The summed E-state index contributed by atoms with van der Waals surface area (Å²) < 4.78 is 22.5. The van der Waals surface area contributed by atoms with Crippen molar-refractivity contribution in [2.75, 3.05) is 19.8 Å². The fourth-order valence-electron chi connectivity index (χ4n) is 6.54. The Morgan fingerprint density at radius 1 is 0.621 bits per heavy atom. The minimum Gasteiger partial charge on any atom is -0.394 e. The van der Waals surface area contributed by atoms with Crippen LogP contribution in [0.2, 0.25) is 0 Å². The van der Waals surface area contributed by atoms with Crippen LogP contribution in [0, 0.1) is 0 Å². The molecule has 12 unspecified atom stereocenters. The number of allylic oxidation sites excluding steroid dienone is 9. The first-order valence-corrected chi connectivity index (χ1v) is 21.5. The van der Waals surface area contributed by atoms with E-state index in [9.17, 15) is 45.6 Å². The van der Waals surface area contributed by atoms with Gasteiger partial charge in [0.1, 0.15) is 48.8 Å². The maximum atomic E-state index is 13.0. The number of amides is 1. The summed E-state index contributed by atoms with van der Waals surface area (Å²) >= 11 is 0. The predicted octanol–water partition coefficient (Wildman–Crippen LogP) is 3.54. The van der Waals surface area contributed by atoms with Crippen molar-refractivity contribution < 1.29 is 64.6 Å². The van der Waals surface area contributed by atoms with Gasteiger partial charge in [0.15, 0.2) is 12.6 Å². The van der Waals surface area contributed by atoms with Crippen LogP contribution in [0.4, 0.5) is 0 Å². The predicted molar refractivity (Wildman–Crippen MR) is 221 cm³/mol. The van der Waals surface area contributed by atoms with Crippen molar-refractivity contribution in [1.29, 1.82) is 0 Å². The van der Waals surface area contributed by atoms with Crippen LogP contribution in [-0.4, -0.2) is 140 Å². The Labute approximate surface area is 345 Å². The molecule has 9 N–H and O–H groups in total. The van der Waals surface area contributed by atoms with E-state index in [1.165, 1.54) is 0 Å². The topological polar surface area (TPSA) is 228 Å². The van der Waals surface area contributed by atoms with Crippen molar-refractivity contribution in [3.63, 3.8) is 0 Å². The molecule has 2 saturated heterocycles. The van der Waals surface area contributed by atoms with Gasteiger partial charge in [-0.05, 0) is 64.2 Å². The standard InChI is InChI=1S/C44H75NO13/c1-3-5-7-9-11-13-15-16-18-20-22-24-26-28-36(49)45-32(33(48)27-25-23-21-19-17-14-12-10-8-6-4-2)31-55-43-41(54)39(52)42(35(30-47)57-43)58-44-40(53)38(51)37(50)34(29-46)56-44/h7-10,13,15,17,19,25,27,32-35,37-44,46-48,50-54H,3-6,11-12,14,16,18,20-24,26,28-31H2,1-2H3,(H,45,49)/b9-7-,10-8+,15-13-,19-17+,27-25+. The summed E-state index contributed by atoms with van der Waals surface area (Å²) in [5, 5.41) is 86.2. The molecule has 1 amide bonds. The summed E-state index contributed by atoms with van der Waals surface area (Å²) in [6, 6.07) is -0.943. The van der Waals surface area contributed by atoms with E-state index in [2.05, 4.69) is 67.8 Å². The zero-order chi connectivity index (χ0) is 42.5. The summed E-state index contributed by atoms with van der Waals surface area (Å²) in [4.78, 5) is 13.0. The van der Waals surface area contributed by atoms with Gasteiger partial charge in [-0.2, -0.15) is 0 Å². The second-order valence-electron chi connectivity index (χ2n) is 15.1. The molecule has 0 aromatic heterocycles. The Morgan fingerprint density at radius 2 is 1.16 bits per heavy atom. The molecule has 334 valence electrons. The molecule has 0 saturated carbocycles. The molecule has 14 heteroatoms. The van der Waals surface area contributed by atoms with Crippen LogP contribution in [0.1, 0.15) is 117 Å². The normalized spacial score (nSPS) is 29.4. The number of rotatable bonds is 30. The highest BCUT2D eigenvalue weighted by molar-refractivity contribution is 5.76. The van der Waals surface area contributed by atoms with E-state index in [1.807, 2.05) is 6.08 Å². The average Bonchev–Trinajstić information content (AvgIpc) is 3.22. The first-order valence-electron chi connectivity index (χ1n) is 21.5. The number of ether oxygens (including phenoxy) is 4. The number of aliphatic hydroxyl groups is 8. The monoisotopic (exact) mass is 826 g/mol. The van der Waals surface area contributed by atoms with Gasteiger partial charge in [-0.25, -0.2) is 0 Å². The van der Waals surface area contributed by atoms with E-state index in [0.717, 1.165) is 83.5 Å². The molecule has 2 aliphatic heterocycles. The van der Waals surface area contributed by atoms with Crippen molar-refractivity contribution in [3.8, 4) is 0 Å². The SMILES string of the molecule is CCC/C=C\C/C=C\CCCCCCCC(=O)NC(COC1OC(CO)C(OC2OC(CO)C(O)C(O)C2O)C(O)C1O)C(O)/C=C/CC/C=C/CC/C=C/CCC. The highest BCUT2D eigenvalue weighted by atomic mass is 16.7. The summed E-state index contributed by atoms with van der Waals surface area (Å²) in [5.74, 6) is -0.276. The average molecular weight is 826 g/mol. The maximum Gasteiger partial charge on any atom is 0.220 e. The third-order valence-corrected chi connectivity index (χ3v) is 10.1. The Bertz CT molecular complexity index is 1210. The fraction of sp³-hybridized carbons (Fsp3) is 0.750. The Balaban J connectivity index is 1.95. The quantitative estimate of drug-likeness (QED) is 0.0374. The van der Waals surface area contributed by atoms with E-state index >= 15 is 0 Å². The van der Waals surface area contributed by atoms with Gasteiger partial charge in [0.2, 0.25) is 5.91 Å². The number of carbonyl (C=O) groups is 1. The Kier molecular flexibility index (Phi) is 28.2. The molecule has 12 atom stereocenters. The number of unbranched alkanes of at least 4 members (excludes halogenated alkanes) is 9. The summed E-state index contributed by atoms with van der Waals surface area (Å²) in [6.45, 7) is 2.55. The van der Waals surface area contributed by atoms with Crippen molar-refractivity contribution in [2.45, 2.75) is 190 Å². The largest absolute Gasteiger partial charge is 0.394 e. The molecule has 2 aliphatic rings. The first-order chi connectivity index (χ1) is 28.1. The third-order valence-electron chi connectivity index (χ3n) is 10.1. The number of hydrogen-bond donors (Lipinski definition) is 9. The minimum atomic E-state index is -1.79. The molecule has 0 radical (unpaired) electrons. The molecular weight excluding hydrogens is 750 g/mol. The van der Waals surface area contributed by atoms with Crippen LogP contribution in [0.5, 0.6) is 0 Å². The van der Waals surface area contributed by atoms with Crippen molar-refractivity contribution in [1.82, 2.24) is 5.32 Å². The molecule has 2 heterocycles. The molecule has 2 fully saturated rings. The van der Waals surface area contributed by atoms with Gasteiger partial charge in [0, 0.05) is 6.42 Å². The second kappa shape index (κ2) is 31.5. The first kappa shape index (κ1) is 51.8. The number of hydrogen-bond acceptors (Lipinski definition) is 13. The molecule has 58 heavy (non-hydrogen) atoms. The van der Waals surface area contributed by atoms with Crippen LogP contribution in [-0.2, 0) is 23.7 Å². The number of aliphatic hydroxyl groups excluding tert-OH is 8. The fourth-order valence-corrected chi connectivity index (χ4v) is 6.54. The van der Waals surface area contributed by atoms with Crippen molar-refractivity contribution in [2.24, 2.45) is 0 Å². The summed E-state index contributed by atoms with van der Waals surface area (Å²) in [6.07, 6.45) is 18.5. The van der Waals surface area contributed by atoms with Gasteiger partial charge in [0.25, 0.3) is 0 Å². The Morgan fingerprint density at radius 3 is 1.79 bits per heavy atom. The summed E-state index contributed by atoms with van der Waals surface area (Å²) in [5.41, 5.74) is 0. The van der Waals surface area contributed by atoms with Gasteiger partial charge < -0.3 is 65.1 Å². The van der Waals surface area contributed by atoms with Gasteiger partial charge in [-0.15, -0.1) is 0 Å². The lowest BCUT2D eigenvalue weighted by molar-refractivity contribution is -0.359. The molecular formula is C44H75NO13. The van der Waals surface area contributed by atoms with E-state index in [1.54, 1.807) is 6.08 Å². The van der Waals surface area contributed by atoms with Crippen LogP contribution in [0.15, 0.2) is 60.8 Å². The molecule has 14 nitrogen and oxygen atoms in total. The van der Waals surface area contributed by atoms with Crippen LogP contribution < -0.4 is 5.32 Å². The third kappa shape index (κ3) is 19.8. The number of nitrogens with one attached hydrogen (secondary N) is 1. The second-order valence-corrected chi connectivity index (χ2v) is 15.1. The lowest BCUT2D eigenvalue weighted by atomic mass is 9.97. The van der Waals surface area contributed by atoms with E-state index in [-0.39, 0.29) is 18.9 Å². The zero-order valence-corrected chi connectivity index (χ0v) is 34.8. The van der Waals surface area contributed by atoms with Gasteiger partial charge in [-0.3, -0.25) is 4.79 Å². The zero-order valence-electron chi connectivity index (χ0n) is 34.8. The van der Waals surface area contributed by atoms with E-state index < -0.39 is 86.8 Å². The molecule has 0 aromatic carbocycles. The number of carbonyl (C=O) groups excluding carboxylic acids is 1. The smallest absolute Gasteiger partial charge is 0.220 e.